The molecule has 2 aromatic rings. The normalized spacial score (nSPS) is 10.2. The summed E-state index contributed by atoms with van der Waals surface area (Å²) < 4.78 is 6.30. The van der Waals surface area contributed by atoms with Crippen LogP contribution in [0, 0.1) is 0 Å². The topological polar surface area (TPSA) is 61.0 Å². The molecule has 0 aliphatic heterocycles. The lowest BCUT2D eigenvalue weighted by atomic mass is 10.1. The number of benzene rings is 1. The predicted molar refractivity (Wildman–Crippen MR) is 70.0 cm³/mol. The first-order chi connectivity index (χ1) is 8.19. The van der Waals surface area contributed by atoms with E-state index in [-0.39, 0.29) is 6.01 Å². The van der Waals surface area contributed by atoms with Gasteiger partial charge in [-0.05, 0) is 40.0 Å². The predicted octanol–water partition coefficient (Wildman–Crippen LogP) is 3.18. The molecule has 2 rings (SSSR count). The van der Waals surface area contributed by atoms with Crippen LogP contribution in [0.25, 0.3) is 0 Å². The highest BCUT2D eigenvalue weighted by molar-refractivity contribution is 9.10. The molecule has 0 aliphatic carbocycles. The first-order valence-corrected chi connectivity index (χ1v) is 6.02. The van der Waals surface area contributed by atoms with Gasteiger partial charge in [0, 0.05) is 12.4 Å². The van der Waals surface area contributed by atoms with Crippen molar-refractivity contribution in [2.24, 2.45) is 0 Å². The van der Waals surface area contributed by atoms with Crippen molar-refractivity contribution in [2.45, 2.75) is 13.3 Å². The quantitative estimate of drug-likeness (QED) is 0.883. The molecule has 0 fully saturated rings. The van der Waals surface area contributed by atoms with Crippen molar-refractivity contribution in [3.8, 4) is 11.8 Å². The molecular weight excluding hydrogens is 282 g/mol. The number of hydrogen-bond donors (Lipinski definition) is 1. The summed E-state index contributed by atoms with van der Waals surface area (Å²) in [5, 5.41) is 0. The number of halogens is 1. The number of nitrogens with two attached hydrogens (primary N) is 1. The van der Waals surface area contributed by atoms with Gasteiger partial charge in [-0.1, -0.05) is 13.0 Å². The Bertz CT molecular complexity index is 514. The Kier molecular flexibility index (Phi) is 3.58. The minimum absolute atomic E-state index is 0.282. The minimum Gasteiger partial charge on any atom is -0.422 e. The molecule has 2 N–H and O–H groups in total. The number of rotatable bonds is 3. The van der Waals surface area contributed by atoms with E-state index in [2.05, 4.69) is 32.8 Å². The molecule has 0 atom stereocenters. The first-order valence-electron chi connectivity index (χ1n) is 5.23. The van der Waals surface area contributed by atoms with Crippen LogP contribution in [0.1, 0.15) is 12.5 Å². The van der Waals surface area contributed by atoms with Crippen LogP contribution in [-0.2, 0) is 6.42 Å². The fourth-order valence-corrected chi connectivity index (χ4v) is 1.57. The molecule has 0 unspecified atom stereocenters. The van der Waals surface area contributed by atoms with Crippen molar-refractivity contribution < 1.29 is 4.74 Å². The third kappa shape index (κ3) is 2.94. The number of aryl methyl sites for hydroxylation is 1. The van der Waals surface area contributed by atoms with Crippen LogP contribution in [0.5, 0.6) is 11.8 Å². The van der Waals surface area contributed by atoms with E-state index in [0.29, 0.717) is 11.4 Å². The summed E-state index contributed by atoms with van der Waals surface area (Å²) in [5.41, 5.74) is 7.65. The fourth-order valence-electron chi connectivity index (χ4n) is 1.36. The molecule has 0 spiro atoms. The van der Waals surface area contributed by atoms with E-state index in [0.717, 1.165) is 10.9 Å². The van der Waals surface area contributed by atoms with Crippen molar-refractivity contribution in [2.75, 3.05) is 5.73 Å². The monoisotopic (exact) mass is 293 g/mol. The zero-order chi connectivity index (χ0) is 12.3. The maximum Gasteiger partial charge on any atom is 0.322 e. The van der Waals surface area contributed by atoms with Gasteiger partial charge in [-0.25, -0.2) is 9.97 Å². The lowest BCUT2D eigenvalue weighted by Crippen LogP contribution is -1.96. The molecule has 0 radical (unpaired) electrons. The average Bonchev–Trinajstić information content (AvgIpc) is 2.34. The van der Waals surface area contributed by atoms with Crippen molar-refractivity contribution in [3.05, 3.63) is 40.6 Å². The molecule has 17 heavy (non-hydrogen) atoms. The molecule has 0 saturated heterocycles. The second kappa shape index (κ2) is 5.14. The van der Waals surface area contributed by atoms with Crippen LogP contribution in [-0.4, -0.2) is 9.97 Å². The van der Waals surface area contributed by atoms with Crippen molar-refractivity contribution in [1.82, 2.24) is 9.97 Å². The second-order valence-corrected chi connectivity index (χ2v) is 4.43. The molecule has 0 bridgehead atoms. The summed E-state index contributed by atoms with van der Waals surface area (Å²) in [6.07, 6.45) is 4.19. The number of anilines is 1. The number of ether oxygens (including phenoxy) is 1. The highest BCUT2D eigenvalue weighted by atomic mass is 79.9. The van der Waals surface area contributed by atoms with Crippen LogP contribution in [0.15, 0.2) is 35.1 Å². The van der Waals surface area contributed by atoms with Gasteiger partial charge in [0.15, 0.2) is 5.75 Å². The maximum absolute atomic E-state index is 5.88. The SMILES string of the molecule is CCc1ccc(Oc2ncc(Br)cn2)c(N)c1. The Labute approximate surface area is 108 Å². The summed E-state index contributed by atoms with van der Waals surface area (Å²) >= 11 is 3.26. The van der Waals surface area contributed by atoms with Gasteiger partial charge < -0.3 is 10.5 Å². The first kappa shape index (κ1) is 11.9. The Balaban J connectivity index is 2.21. The van der Waals surface area contributed by atoms with Crippen LogP contribution in [0.2, 0.25) is 0 Å². The Morgan fingerprint density at radius 1 is 1.29 bits per heavy atom. The molecule has 1 aromatic heterocycles. The molecular formula is C12H12BrN3O. The van der Waals surface area contributed by atoms with Gasteiger partial charge in [0.25, 0.3) is 0 Å². The summed E-state index contributed by atoms with van der Waals surface area (Å²) in [5.74, 6) is 0.574. The summed E-state index contributed by atoms with van der Waals surface area (Å²) in [7, 11) is 0. The molecule has 0 saturated carbocycles. The van der Waals surface area contributed by atoms with E-state index in [1.807, 2.05) is 18.2 Å². The largest absolute Gasteiger partial charge is 0.422 e. The van der Waals surface area contributed by atoms with Crippen LogP contribution >= 0.6 is 15.9 Å². The molecule has 5 heteroatoms. The molecule has 1 aromatic carbocycles. The number of nitrogen functional groups attached to an aromatic ring is 1. The summed E-state index contributed by atoms with van der Waals surface area (Å²) in [6.45, 7) is 2.08. The maximum atomic E-state index is 5.88. The molecule has 0 amide bonds. The van der Waals surface area contributed by atoms with Gasteiger partial charge >= 0.3 is 6.01 Å². The van der Waals surface area contributed by atoms with E-state index in [9.17, 15) is 0 Å². The van der Waals surface area contributed by atoms with Gasteiger partial charge in [0.1, 0.15) is 0 Å². The molecule has 4 nitrogen and oxygen atoms in total. The molecule has 88 valence electrons. The smallest absolute Gasteiger partial charge is 0.322 e. The third-order valence-corrected chi connectivity index (χ3v) is 2.69. The van der Waals surface area contributed by atoms with Gasteiger partial charge in [-0.15, -0.1) is 0 Å². The molecule has 1 heterocycles. The Hall–Kier alpha value is -1.62. The lowest BCUT2D eigenvalue weighted by Gasteiger charge is -2.07. The lowest BCUT2D eigenvalue weighted by molar-refractivity contribution is 0.443. The van der Waals surface area contributed by atoms with Gasteiger partial charge in [-0.3, -0.25) is 0 Å². The van der Waals surface area contributed by atoms with E-state index in [1.54, 1.807) is 12.4 Å². The Morgan fingerprint density at radius 3 is 2.59 bits per heavy atom. The van der Waals surface area contributed by atoms with Crippen molar-refractivity contribution in [3.63, 3.8) is 0 Å². The zero-order valence-corrected chi connectivity index (χ0v) is 10.9. The average molecular weight is 294 g/mol. The minimum atomic E-state index is 0.282. The van der Waals surface area contributed by atoms with E-state index in [4.69, 9.17) is 10.5 Å². The van der Waals surface area contributed by atoms with E-state index < -0.39 is 0 Å². The highest BCUT2D eigenvalue weighted by Gasteiger charge is 2.04. The van der Waals surface area contributed by atoms with Gasteiger partial charge in [-0.2, -0.15) is 0 Å². The summed E-state index contributed by atoms with van der Waals surface area (Å²) in [4.78, 5) is 8.04. The second-order valence-electron chi connectivity index (χ2n) is 3.51. The van der Waals surface area contributed by atoms with Crippen molar-refractivity contribution in [1.29, 1.82) is 0 Å². The van der Waals surface area contributed by atoms with Crippen LogP contribution in [0.4, 0.5) is 5.69 Å². The number of aromatic nitrogens is 2. The van der Waals surface area contributed by atoms with E-state index in [1.165, 1.54) is 5.56 Å². The number of nitrogens with zero attached hydrogens (tertiary/aromatic N) is 2. The third-order valence-electron chi connectivity index (χ3n) is 2.28. The van der Waals surface area contributed by atoms with Crippen LogP contribution < -0.4 is 10.5 Å². The fraction of sp³-hybridized carbons (Fsp3) is 0.167. The highest BCUT2D eigenvalue weighted by Crippen LogP contribution is 2.26. The van der Waals surface area contributed by atoms with Crippen LogP contribution in [0.3, 0.4) is 0 Å². The Morgan fingerprint density at radius 2 is 2.00 bits per heavy atom. The van der Waals surface area contributed by atoms with Gasteiger partial charge in [0.05, 0.1) is 10.2 Å². The van der Waals surface area contributed by atoms with E-state index >= 15 is 0 Å². The number of hydrogen-bond acceptors (Lipinski definition) is 4. The zero-order valence-electron chi connectivity index (χ0n) is 9.35. The standard InChI is InChI=1S/C12H12BrN3O/c1-2-8-3-4-11(10(14)5-8)17-12-15-6-9(13)7-16-12/h3-7H,2,14H2,1H3. The summed E-state index contributed by atoms with van der Waals surface area (Å²) in [6, 6.07) is 5.99. The van der Waals surface area contributed by atoms with Crippen molar-refractivity contribution >= 4 is 21.6 Å². The van der Waals surface area contributed by atoms with Gasteiger partial charge in [0.2, 0.25) is 0 Å². The molecule has 0 aliphatic rings.